The van der Waals surface area contributed by atoms with Gasteiger partial charge in [0.15, 0.2) is 5.78 Å². The smallest absolute Gasteiger partial charge is 0.165 e. The first kappa shape index (κ1) is 10.8. The van der Waals surface area contributed by atoms with E-state index in [-0.39, 0.29) is 5.78 Å². The molecule has 2 aromatic rings. The van der Waals surface area contributed by atoms with Crippen LogP contribution in [0.3, 0.4) is 0 Å². The maximum atomic E-state index is 11.4. The first-order valence-electron chi connectivity index (χ1n) is 5.24. The molecule has 1 N–H and O–H groups in total. The molecule has 0 aromatic heterocycles. The number of hydrogen-bond donors (Lipinski definition) is 1. The second kappa shape index (κ2) is 3.72. The summed E-state index contributed by atoms with van der Waals surface area (Å²) < 4.78 is 0. The van der Waals surface area contributed by atoms with Crippen molar-refractivity contribution in [1.82, 2.24) is 0 Å². The van der Waals surface area contributed by atoms with Crippen molar-refractivity contribution in [1.29, 1.82) is 0 Å². The quantitative estimate of drug-likeness (QED) is 0.834. The molecular formula is C14H14O2. The average Bonchev–Trinajstić information content (AvgIpc) is 2.28. The van der Waals surface area contributed by atoms with Gasteiger partial charge in [-0.05, 0) is 36.2 Å². The maximum absolute atomic E-state index is 11.4. The van der Waals surface area contributed by atoms with E-state index < -0.39 is 5.60 Å². The number of carbonyl (C=O) groups is 1. The van der Waals surface area contributed by atoms with Crippen LogP contribution < -0.4 is 0 Å². The average molecular weight is 214 g/mol. The highest BCUT2D eigenvalue weighted by atomic mass is 16.3. The Morgan fingerprint density at radius 2 is 1.75 bits per heavy atom. The summed E-state index contributed by atoms with van der Waals surface area (Å²) in [6.07, 6.45) is 0. The van der Waals surface area contributed by atoms with Gasteiger partial charge in [0.1, 0.15) is 5.60 Å². The van der Waals surface area contributed by atoms with Gasteiger partial charge in [-0.25, -0.2) is 0 Å². The van der Waals surface area contributed by atoms with Crippen LogP contribution in [0.4, 0.5) is 0 Å². The van der Waals surface area contributed by atoms with Crippen molar-refractivity contribution < 1.29 is 9.90 Å². The second-order valence-corrected chi connectivity index (χ2v) is 4.19. The molecule has 2 heteroatoms. The number of aliphatic hydroxyl groups is 1. The van der Waals surface area contributed by atoms with Gasteiger partial charge < -0.3 is 5.11 Å². The first-order valence-corrected chi connectivity index (χ1v) is 5.24. The van der Waals surface area contributed by atoms with Gasteiger partial charge in [-0.2, -0.15) is 0 Å². The second-order valence-electron chi connectivity index (χ2n) is 4.19. The lowest BCUT2D eigenvalue weighted by atomic mass is 9.90. The highest BCUT2D eigenvalue weighted by molar-refractivity contribution is 5.89. The van der Waals surface area contributed by atoms with Crippen LogP contribution in [-0.4, -0.2) is 10.9 Å². The molecule has 1 atom stereocenters. The Kier molecular flexibility index (Phi) is 2.52. The molecule has 0 spiro atoms. The zero-order valence-electron chi connectivity index (χ0n) is 9.40. The Morgan fingerprint density at radius 1 is 1.12 bits per heavy atom. The summed E-state index contributed by atoms with van der Waals surface area (Å²) >= 11 is 0. The van der Waals surface area contributed by atoms with Gasteiger partial charge in [0.2, 0.25) is 0 Å². The predicted molar refractivity (Wildman–Crippen MR) is 64.2 cm³/mol. The molecule has 2 nitrogen and oxygen atoms in total. The van der Waals surface area contributed by atoms with Gasteiger partial charge in [-0.1, -0.05) is 36.4 Å². The highest BCUT2D eigenvalue weighted by Gasteiger charge is 2.28. The summed E-state index contributed by atoms with van der Waals surface area (Å²) in [7, 11) is 0. The molecule has 0 aliphatic heterocycles. The van der Waals surface area contributed by atoms with Gasteiger partial charge in [0, 0.05) is 0 Å². The molecule has 16 heavy (non-hydrogen) atoms. The molecule has 0 saturated heterocycles. The third-order valence-electron chi connectivity index (χ3n) is 3.00. The van der Waals surface area contributed by atoms with Gasteiger partial charge in [0.25, 0.3) is 0 Å². The van der Waals surface area contributed by atoms with E-state index in [4.69, 9.17) is 0 Å². The van der Waals surface area contributed by atoms with Crippen molar-refractivity contribution in [3.63, 3.8) is 0 Å². The molecule has 0 heterocycles. The van der Waals surface area contributed by atoms with Crippen molar-refractivity contribution >= 4 is 16.6 Å². The van der Waals surface area contributed by atoms with Gasteiger partial charge in [0.05, 0.1) is 0 Å². The number of rotatable bonds is 2. The number of hydrogen-bond acceptors (Lipinski definition) is 2. The first-order chi connectivity index (χ1) is 7.51. The fourth-order valence-electron chi connectivity index (χ4n) is 1.70. The number of carbonyl (C=O) groups excluding carboxylic acids is 1. The molecule has 0 bridgehead atoms. The van der Waals surface area contributed by atoms with E-state index in [1.165, 1.54) is 13.8 Å². The Bertz CT molecular complexity index is 541. The minimum atomic E-state index is -1.40. The van der Waals surface area contributed by atoms with Crippen molar-refractivity contribution in [2.75, 3.05) is 0 Å². The molecule has 1 unspecified atom stereocenters. The molecule has 0 aliphatic rings. The summed E-state index contributed by atoms with van der Waals surface area (Å²) in [6.45, 7) is 2.93. The number of benzene rings is 2. The monoisotopic (exact) mass is 214 g/mol. The van der Waals surface area contributed by atoms with E-state index in [0.717, 1.165) is 10.8 Å². The van der Waals surface area contributed by atoms with E-state index in [1.807, 2.05) is 36.4 Å². The molecule has 0 aliphatic carbocycles. The molecule has 82 valence electrons. The molecule has 2 rings (SSSR count). The Balaban J connectivity index is 2.59. The SMILES string of the molecule is CC(=O)C(C)(O)c1ccc2ccccc2c1. The summed E-state index contributed by atoms with van der Waals surface area (Å²) in [5.41, 5.74) is -0.761. The van der Waals surface area contributed by atoms with Crippen LogP contribution in [0.25, 0.3) is 10.8 Å². The third kappa shape index (κ3) is 1.72. The molecule has 0 radical (unpaired) electrons. The van der Waals surface area contributed by atoms with Crippen LogP contribution in [0.1, 0.15) is 19.4 Å². The highest BCUT2D eigenvalue weighted by Crippen LogP contribution is 2.25. The largest absolute Gasteiger partial charge is 0.378 e. The summed E-state index contributed by atoms with van der Waals surface area (Å²) in [5, 5.41) is 12.2. The van der Waals surface area contributed by atoms with Crippen molar-refractivity contribution in [3.8, 4) is 0 Å². The molecule has 0 fully saturated rings. The van der Waals surface area contributed by atoms with Crippen LogP contribution in [0.5, 0.6) is 0 Å². The topological polar surface area (TPSA) is 37.3 Å². The van der Waals surface area contributed by atoms with Crippen molar-refractivity contribution in [2.45, 2.75) is 19.4 Å². The van der Waals surface area contributed by atoms with Crippen molar-refractivity contribution in [2.24, 2.45) is 0 Å². The van der Waals surface area contributed by atoms with Crippen LogP contribution >= 0.6 is 0 Å². The van der Waals surface area contributed by atoms with E-state index in [1.54, 1.807) is 6.07 Å². The standard InChI is InChI=1S/C14H14O2/c1-10(15)14(2,16)13-8-7-11-5-3-4-6-12(11)9-13/h3-9,16H,1-2H3. The van der Waals surface area contributed by atoms with Crippen LogP contribution in [0, 0.1) is 0 Å². The molecule has 0 amide bonds. The van der Waals surface area contributed by atoms with Crippen molar-refractivity contribution in [3.05, 3.63) is 48.0 Å². The number of ketones is 1. The fourth-order valence-corrected chi connectivity index (χ4v) is 1.70. The lowest BCUT2D eigenvalue weighted by Gasteiger charge is -2.20. The minimum absolute atomic E-state index is 0.247. The number of fused-ring (bicyclic) bond motifs is 1. The van der Waals surface area contributed by atoms with Crippen LogP contribution in [0.2, 0.25) is 0 Å². The lowest BCUT2D eigenvalue weighted by Crippen LogP contribution is -2.29. The van der Waals surface area contributed by atoms with E-state index in [2.05, 4.69) is 0 Å². The maximum Gasteiger partial charge on any atom is 0.165 e. The molecule has 2 aromatic carbocycles. The van der Waals surface area contributed by atoms with E-state index >= 15 is 0 Å². The molecular weight excluding hydrogens is 200 g/mol. The zero-order chi connectivity index (χ0) is 11.8. The third-order valence-corrected chi connectivity index (χ3v) is 3.00. The summed E-state index contributed by atoms with van der Waals surface area (Å²) in [6, 6.07) is 13.4. The Labute approximate surface area is 94.5 Å². The zero-order valence-corrected chi connectivity index (χ0v) is 9.40. The van der Waals surface area contributed by atoms with Crippen LogP contribution in [0.15, 0.2) is 42.5 Å². The lowest BCUT2D eigenvalue weighted by molar-refractivity contribution is -0.134. The van der Waals surface area contributed by atoms with E-state index in [9.17, 15) is 9.90 Å². The van der Waals surface area contributed by atoms with Crippen LogP contribution in [-0.2, 0) is 10.4 Å². The minimum Gasteiger partial charge on any atom is -0.378 e. The summed E-state index contributed by atoms with van der Waals surface area (Å²) in [5.74, 6) is -0.247. The van der Waals surface area contributed by atoms with E-state index in [0.29, 0.717) is 5.56 Å². The van der Waals surface area contributed by atoms with Gasteiger partial charge in [-0.15, -0.1) is 0 Å². The van der Waals surface area contributed by atoms with Gasteiger partial charge in [-0.3, -0.25) is 4.79 Å². The number of Topliss-reactive ketones (excluding diaryl/α,β-unsaturated/α-hetero) is 1. The Hall–Kier alpha value is -1.67. The molecule has 0 saturated carbocycles. The fraction of sp³-hybridized carbons (Fsp3) is 0.214. The Morgan fingerprint density at radius 3 is 2.38 bits per heavy atom. The normalized spacial score (nSPS) is 14.7. The van der Waals surface area contributed by atoms with Gasteiger partial charge >= 0.3 is 0 Å². The summed E-state index contributed by atoms with van der Waals surface area (Å²) in [4.78, 5) is 11.4. The predicted octanol–water partition coefficient (Wildman–Crippen LogP) is 2.64.